The van der Waals surface area contributed by atoms with Crippen molar-refractivity contribution in [3.8, 4) is 0 Å². The molecule has 0 saturated carbocycles. The number of carboxylic acids is 1. The van der Waals surface area contributed by atoms with Gasteiger partial charge in [0.25, 0.3) is 5.69 Å². The number of aromatic carboxylic acids is 1. The highest BCUT2D eigenvalue weighted by molar-refractivity contribution is 5.98. The Kier molecular flexibility index (Phi) is 3.82. The van der Waals surface area contributed by atoms with Gasteiger partial charge in [0.2, 0.25) is 5.91 Å². The fourth-order valence-electron chi connectivity index (χ4n) is 1.57. The van der Waals surface area contributed by atoms with Gasteiger partial charge in [-0.2, -0.15) is 0 Å². The van der Waals surface area contributed by atoms with Crippen LogP contribution in [0.15, 0.2) is 18.2 Å². The zero-order chi connectivity index (χ0) is 13.9. The van der Waals surface area contributed by atoms with Crippen molar-refractivity contribution in [3.63, 3.8) is 0 Å². The van der Waals surface area contributed by atoms with Gasteiger partial charge in [-0.25, -0.2) is 4.79 Å². The molecule has 0 unspecified atom stereocenters. The zero-order valence-electron chi connectivity index (χ0n) is 9.49. The summed E-state index contributed by atoms with van der Waals surface area (Å²) >= 11 is 0. The minimum absolute atomic E-state index is 0.145. The van der Waals surface area contributed by atoms with Crippen molar-refractivity contribution in [2.45, 2.75) is 0 Å². The largest absolute Gasteiger partial charge is 0.478 e. The van der Waals surface area contributed by atoms with Crippen LogP contribution in [0, 0.1) is 10.1 Å². The maximum atomic E-state index is 11.0. The molecule has 1 rings (SSSR count). The van der Waals surface area contributed by atoms with Crippen LogP contribution >= 0.6 is 0 Å². The second-order valence-corrected chi connectivity index (χ2v) is 3.56. The van der Waals surface area contributed by atoms with E-state index in [1.165, 1.54) is 25.2 Å². The van der Waals surface area contributed by atoms with Gasteiger partial charge in [-0.1, -0.05) is 6.07 Å². The summed E-state index contributed by atoms with van der Waals surface area (Å²) in [5.41, 5.74) is 4.19. The van der Waals surface area contributed by atoms with Crippen LogP contribution < -0.4 is 10.6 Å². The molecule has 0 aliphatic carbocycles. The first-order valence-electron chi connectivity index (χ1n) is 4.84. The average molecular weight is 253 g/mol. The van der Waals surface area contributed by atoms with Crippen LogP contribution in [0.2, 0.25) is 0 Å². The number of carbonyl (C=O) groups is 2. The van der Waals surface area contributed by atoms with Crippen LogP contribution in [0.4, 0.5) is 11.4 Å². The molecule has 8 heteroatoms. The fourth-order valence-corrected chi connectivity index (χ4v) is 1.57. The zero-order valence-corrected chi connectivity index (χ0v) is 9.49. The van der Waals surface area contributed by atoms with E-state index in [2.05, 4.69) is 0 Å². The van der Waals surface area contributed by atoms with E-state index in [4.69, 9.17) is 10.8 Å². The highest BCUT2D eigenvalue weighted by Crippen LogP contribution is 2.31. The number of carboxylic acid groups (broad SMARTS) is 1. The highest BCUT2D eigenvalue weighted by Gasteiger charge is 2.24. The SMILES string of the molecule is CN(CC(N)=O)c1c(C(=O)O)cccc1[N+](=O)[O-]. The van der Waals surface area contributed by atoms with Crippen LogP contribution in [0.1, 0.15) is 10.4 Å². The number of carbonyl (C=O) groups excluding carboxylic acids is 1. The van der Waals surface area contributed by atoms with E-state index in [0.29, 0.717) is 0 Å². The molecule has 0 aromatic heterocycles. The van der Waals surface area contributed by atoms with Gasteiger partial charge in [-0.3, -0.25) is 14.9 Å². The average Bonchev–Trinajstić information content (AvgIpc) is 2.26. The molecule has 1 aromatic carbocycles. The quantitative estimate of drug-likeness (QED) is 0.570. The number of nitro benzene ring substituents is 1. The molecule has 0 aliphatic rings. The molecule has 1 amide bonds. The molecule has 0 heterocycles. The topological polar surface area (TPSA) is 127 Å². The lowest BCUT2D eigenvalue weighted by molar-refractivity contribution is -0.384. The Labute approximate surface area is 102 Å². The van der Waals surface area contributed by atoms with E-state index in [0.717, 1.165) is 4.90 Å². The summed E-state index contributed by atoms with van der Waals surface area (Å²) in [7, 11) is 1.36. The number of primary amides is 1. The van der Waals surface area contributed by atoms with Gasteiger partial charge >= 0.3 is 5.97 Å². The van der Waals surface area contributed by atoms with Gasteiger partial charge in [0.05, 0.1) is 17.0 Å². The number of anilines is 1. The van der Waals surface area contributed by atoms with Gasteiger partial charge in [0.15, 0.2) is 0 Å². The molecular formula is C10H11N3O5. The van der Waals surface area contributed by atoms with Crippen molar-refractivity contribution in [2.75, 3.05) is 18.5 Å². The number of para-hydroxylation sites is 1. The van der Waals surface area contributed by atoms with Crippen LogP contribution in [0.25, 0.3) is 0 Å². The Balaban J connectivity index is 3.39. The Morgan fingerprint density at radius 2 is 2.11 bits per heavy atom. The lowest BCUT2D eigenvalue weighted by Crippen LogP contribution is -2.32. The van der Waals surface area contributed by atoms with Crippen molar-refractivity contribution >= 4 is 23.3 Å². The van der Waals surface area contributed by atoms with E-state index in [1.807, 2.05) is 0 Å². The standard InChI is InChI=1S/C10H11N3O5/c1-12(5-8(11)14)9-6(10(15)16)3-2-4-7(9)13(17)18/h2-4H,5H2,1H3,(H2,11,14)(H,15,16). The summed E-state index contributed by atoms with van der Waals surface area (Å²) in [6.07, 6.45) is 0. The molecule has 3 N–H and O–H groups in total. The van der Waals surface area contributed by atoms with E-state index >= 15 is 0 Å². The van der Waals surface area contributed by atoms with Crippen molar-refractivity contribution < 1.29 is 19.6 Å². The molecule has 8 nitrogen and oxygen atoms in total. The summed E-state index contributed by atoms with van der Waals surface area (Å²) in [6, 6.07) is 3.66. The number of amides is 1. The monoisotopic (exact) mass is 253 g/mol. The summed E-state index contributed by atoms with van der Waals surface area (Å²) in [5, 5.41) is 19.8. The molecule has 0 spiro atoms. The third kappa shape index (κ3) is 2.73. The third-order valence-corrected chi connectivity index (χ3v) is 2.22. The number of benzene rings is 1. The van der Waals surface area contributed by atoms with Gasteiger partial charge in [0, 0.05) is 13.1 Å². The Hall–Kier alpha value is -2.64. The number of nitro groups is 1. The van der Waals surface area contributed by atoms with Crippen LogP contribution in [0.3, 0.4) is 0 Å². The minimum Gasteiger partial charge on any atom is -0.478 e. The summed E-state index contributed by atoms with van der Waals surface area (Å²) in [5.74, 6) is -2.03. The summed E-state index contributed by atoms with van der Waals surface area (Å²) < 4.78 is 0. The molecule has 0 saturated heterocycles. The first-order chi connectivity index (χ1) is 8.34. The molecule has 0 aliphatic heterocycles. The molecule has 18 heavy (non-hydrogen) atoms. The molecule has 0 radical (unpaired) electrons. The number of hydrogen-bond donors (Lipinski definition) is 2. The Bertz CT molecular complexity index is 482. The number of likely N-dealkylation sites (N-methyl/N-ethyl adjacent to an activating group) is 1. The predicted molar refractivity (Wildman–Crippen MR) is 62.5 cm³/mol. The number of rotatable bonds is 5. The van der Waals surface area contributed by atoms with Crippen molar-refractivity contribution in [3.05, 3.63) is 33.9 Å². The second kappa shape index (κ2) is 5.13. The number of nitrogens with two attached hydrogens (primary N) is 1. The third-order valence-electron chi connectivity index (χ3n) is 2.22. The van der Waals surface area contributed by atoms with Crippen LogP contribution in [0.5, 0.6) is 0 Å². The van der Waals surface area contributed by atoms with Crippen molar-refractivity contribution in [1.29, 1.82) is 0 Å². The van der Waals surface area contributed by atoms with Crippen LogP contribution in [-0.4, -0.2) is 35.5 Å². The van der Waals surface area contributed by atoms with Crippen LogP contribution in [-0.2, 0) is 4.79 Å². The van der Waals surface area contributed by atoms with E-state index in [9.17, 15) is 19.7 Å². The molecule has 1 aromatic rings. The maximum absolute atomic E-state index is 11.0. The summed E-state index contributed by atoms with van der Waals surface area (Å²) in [6.45, 7) is -0.314. The van der Waals surface area contributed by atoms with Crippen molar-refractivity contribution in [2.24, 2.45) is 5.73 Å². The second-order valence-electron chi connectivity index (χ2n) is 3.56. The smallest absolute Gasteiger partial charge is 0.338 e. The molecule has 0 fully saturated rings. The minimum atomic E-state index is -1.31. The number of hydrogen-bond acceptors (Lipinski definition) is 5. The maximum Gasteiger partial charge on any atom is 0.338 e. The van der Waals surface area contributed by atoms with Gasteiger partial charge < -0.3 is 15.7 Å². The first kappa shape index (κ1) is 13.4. The van der Waals surface area contributed by atoms with Gasteiger partial charge in [-0.05, 0) is 6.07 Å². The van der Waals surface area contributed by atoms with Crippen molar-refractivity contribution in [1.82, 2.24) is 0 Å². The highest BCUT2D eigenvalue weighted by atomic mass is 16.6. The van der Waals surface area contributed by atoms with Gasteiger partial charge in [0.1, 0.15) is 5.69 Å². The summed E-state index contributed by atoms with van der Waals surface area (Å²) in [4.78, 5) is 33.1. The lowest BCUT2D eigenvalue weighted by Gasteiger charge is -2.19. The normalized spacial score (nSPS) is 9.83. The molecule has 0 atom stereocenters. The van der Waals surface area contributed by atoms with E-state index < -0.39 is 22.5 Å². The molecule has 0 bridgehead atoms. The Morgan fingerprint density at radius 3 is 2.56 bits per heavy atom. The van der Waals surface area contributed by atoms with Gasteiger partial charge in [-0.15, -0.1) is 0 Å². The predicted octanol–water partition coefficient (Wildman–Crippen LogP) is 0.215. The molecule has 96 valence electrons. The van der Waals surface area contributed by atoms with E-state index in [1.54, 1.807) is 0 Å². The van der Waals surface area contributed by atoms with E-state index in [-0.39, 0.29) is 17.8 Å². The Morgan fingerprint density at radius 1 is 1.50 bits per heavy atom. The lowest BCUT2D eigenvalue weighted by atomic mass is 10.1. The number of nitrogens with zero attached hydrogens (tertiary/aromatic N) is 2. The molecular weight excluding hydrogens is 242 g/mol. The fraction of sp³-hybridized carbons (Fsp3) is 0.200. The first-order valence-corrected chi connectivity index (χ1v) is 4.84.